The highest BCUT2D eigenvalue weighted by Gasteiger charge is 2.20. The van der Waals surface area contributed by atoms with Gasteiger partial charge < -0.3 is 28.3 Å². The van der Waals surface area contributed by atoms with Gasteiger partial charge in [-0.15, -0.1) is 0 Å². The van der Waals surface area contributed by atoms with E-state index >= 15 is 0 Å². The first kappa shape index (κ1) is 49.0. The molecule has 52 heavy (non-hydrogen) atoms. The van der Waals surface area contributed by atoms with Crippen LogP contribution in [0.1, 0.15) is 105 Å². The highest BCUT2D eigenvalue weighted by molar-refractivity contribution is 5.89. The van der Waals surface area contributed by atoms with Crippen LogP contribution in [-0.4, -0.2) is 79.9 Å². The van der Waals surface area contributed by atoms with Gasteiger partial charge in [0.05, 0.1) is 58.9 Å². The van der Waals surface area contributed by atoms with Gasteiger partial charge in [0.15, 0.2) is 0 Å². The highest BCUT2D eigenvalue weighted by atomic mass is 16.5. The van der Waals surface area contributed by atoms with Gasteiger partial charge in [0.25, 0.3) is 0 Å². The van der Waals surface area contributed by atoms with Crippen molar-refractivity contribution in [3.05, 3.63) is 84.7 Å². The zero-order valence-corrected chi connectivity index (χ0v) is 32.2. The maximum absolute atomic E-state index is 10.9. The highest BCUT2D eigenvalue weighted by Crippen LogP contribution is 2.24. The van der Waals surface area contributed by atoms with Gasteiger partial charge in [0.2, 0.25) is 0 Å². The summed E-state index contributed by atoms with van der Waals surface area (Å²) in [5.41, 5.74) is 1.06. The maximum Gasteiger partial charge on any atom is 0.339 e. The Kier molecular flexibility index (Phi) is 32.4. The van der Waals surface area contributed by atoms with Gasteiger partial charge in [-0.3, -0.25) is 19.4 Å². The molecule has 2 aromatic heterocycles. The number of carbonyl (C=O) groups is 5. The van der Waals surface area contributed by atoms with Crippen LogP contribution in [0.15, 0.2) is 73.6 Å². The number of hydrogen-bond donors (Lipinski definition) is 0. The average molecular weight is 730 g/mol. The van der Waals surface area contributed by atoms with Crippen LogP contribution in [0.25, 0.3) is 0 Å². The summed E-state index contributed by atoms with van der Waals surface area (Å²) in [5, 5.41) is 0. The fraction of sp³-hybridized carbons (Fsp3) is 0.513. The fourth-order valence-corrected chi connectivity index (χ4v) is 4.10. The first-order chi connectivity index (χ1) is 25.0. The molecule has 1 aliphatic carbocycles. The molecule has 4 rings (SSSR count). The Morgan fingerprint density at radius 1 is 0.692 bits per heavy atom. The molecule has 0 N–H and O–H groups in total. The molecule has 1 fully saturated rings. The molecule has 1 aromatic carbocycles. The number of imidazole rings is 1. The molecule has 1 aliphatic rings. The molecule has 3 aromatic rings. The van der Waals surface area contributed by atoms with Crippen LogP contribution >= 0.6 is 0 Å². The normalized spacial score (nSPS) is 11.1. The van der Waals surface area contributed by atoms with E-state index in [1.807, 2.05) is 23.9 Å². The van der Waals surface area contributed by atoms with Crippen molar-refractivity contribution < 1.29 is 47.7 Å². The molecule has 0 spiro atoms. The fourth-order valence-electron chi connectivity index (χ4n) is 4.10. The van der Waals surface area contributed by atoms with E-state index in [-0.39, 0.29) is 35.8 Å². The Hall–Kier alpha value is -5.07. The summed E-state index contributed by atoms with van der Waals surface area (Å²) in [6.45, 7) is 3.54. The molecule has 0 radical (unpaired) electrons. The molecular formula is C39H59N3O10. The summed E-state index contributed by atoms with van der Waals surface area (Å²) < 4.78 is 24.1. The number of aryl methyl sites for hydroxylation is 1. The number of unbranched alkanes of at least 4 members (excludes halogenated alkanes) is 4. The lowest BCUT2D eigenvalue weighted by Crippen LogP contribution is -2.18. The van der Waals surface area contributed by atoms with E-state index in [1.54, 1.807) is 55.1 Å². The number of carbonyl (C=O) groups excluding carboxylic acids is 5. The van der Waals surface area contributed by atoms with Gasteiger partial charge in [-0.05, 0) is 43.5 Å². The first-order valence-corrected chi connectivity index (χ1v) is 17.2. The van der Waals surface area contributed by atoms with Crippen molar-refractivity contribution in [3.8, 4) is 0 Å². The van der Waals surface area contributed by atoms with E-state index in [9.17, 15) is 24.0 Å². The third-order valence-corrected chi connectivity index (χ3v) is 7.05. The second kappa shape index (κ2) is 34.4. The maximum atomic E-state index is 10.9. The second-order valence-electron chi connectivity index (χ2n) is 11.1. The predicted octanol–water partition coefficient (Wildman–Crippen LogP) is 7.20. The SMILES string of the molecule is CCCCCCCC(=O)OC.COC(=O)C1CCCCC1.COC(=O)c1ccccc1.COC(=O)c1cccnc1.COC(C)=O.Cn1ccnc1. The summed E-state index contributed by atoms with van der Waals surface area (Å²) >= 11 is 0. The summed E-state index contributed by atoms with van der Waals surface area (Å²) in [7, 11) is 8.91. The lowest BCUT2D eigenvalue weighted by molar-refractivity contribution is -0.146. The first-order valence-electron chi connectivity index (χ1n) is 17.2. The topological polar surface area (TPSA) is 162 Å². The van der Waals surface area contributed by atoms with Crippen molar-refractivity contribution in [1.29, 1.82) is 0 Å². The minimum absolute atomic E-state index is 0.0142. The smallest absolute Gasteiger partial charge is 0.339 e. The van der Waals surface area contributed by atoms with Crippen molar-refractivity contribution in [2.24, 2.45) is 13.0 Å². The Labute approximate surface area is 309 Å². The molecule has 13 nitrogen and oxygen atoms in total. The van der Waals surface area contributed by atoms with Crippen LogP contribution in [0.5, 0.6) is 0 Å². The zero-order chi connectivity index (χ0) is 39.4. The molecular weight excluding hydrogens is 670 g/mol. The Morgan fingerprint density at radius 3 is 1.69 bits per heavy atom. The molecule has 0 aliphatic heterocycles. The summed E-state index contributed by atoms with van der Waals surface area (Å²) in [6.07, 6.45) is 20.7. The standard InChI is InChI=1S/C9H18O2.C8H14O2.C8H8O2.C7H7NO2.C4H6N2.C3H6O2/c1-3-4-5-6-7-8-9(10)11-2;2*1-10-8(9)7-5-3-2-4-6-7;1-10-7(9)6-3-2-4-8-5-6;1-6-3-2-5-4-6;1-3(4)5-2/h3-8H2,1-2H3;7H,2-6H2,1H3;2-6H,1H3;2-5H,1H3;2-4H,1H3;1-2H3. The van der Waals surface area contributed by atoms with E-state index in [4.69, 9.17) is 0 Å². The van der Waals surface area contributed by atoms with Crippen LogP contribution in [-0.2, 0) is 45.1 Å². The van der Waals surface area contributed by atoms with Gasteiger partial charge in [0.1, 0.15) is 0 Å². The Morgan fingerprint density at radius 2 is 1.27 bits per heavy atom. The van der Waals surface area contributed by atoms with E-state index < -0.39 is 0 Å². The number of pyridine rings is 1. The van der Waals surface area contributed by atoms with Gasteiger partial charge >= 0.3 is 29.8 Å². The average Bonchev–Trinajstić information content (AvgIpc) is 3.69. The molecule has 0 unspecified atom stereocenters. The van der Waals surface area contributed by atoms with Gasteiger partial charge in [-0.2, -0.15) is 0 Å². The van der Waals surface area contributed by atoms with Crippen molar-refractivity contribution in [3.63, 3.8) is 0 Å². The van der Waals surface area contributed by atoms with Gasteiger partial charge in [-0.25, -0.2) is 14.6 Å². The lowest BCUT2D eigenvalue weighted by atomic mass is 9.89. The number of benzene rings is 1. The van der Waals surface area contributed by atoms with Gasteiger partial charge in [0, 0.05) is 45.2 Å². The molecule has 0 atom stereocenters. The number of esters is 5. The number of hydrogen-bond acceptors (Lipinski definition) is 12. The molecule has 0 bridgehead atoms. The van der Waals surface area contributed by atoms with Crippen LogP contribution < -0.4 is 0 Å². The quantitative estimate of drug-likeness (QED) is 0.124. The second-order valence-corrected chi connectivity index (χ2v) is 11.1. The van der Waals surface area contributed by atoms with Gasteiger partial charge in [-0.1, -0.05) is 70.1 Å². The largest absolute Gasteiger partial charge is 0.469 e. The molecule has 290 valence electrons. The van der Waals surface area contributed by atoms with Crippen LogP contribution in [0, 0.1) is 5.92 Å². The van der Waals surface area contributed by atoms with Crippen molar-refractivity contribution in [1.82, 2.24) is 14.5 Å². The van der Waals surface area contributed by atoms with Crippen LogP contribution in [0.3, 0.4) is 0 Å². The third-order valence-electron chi connectivity index (χ3n) is 7.05. The number of methoxy groups -OCH3 is 5. The predicted molar refractivity (Wildman–Crippen MR) is 198 cm³/mol. The van der Waals surface area contributed by atoms with Crippen molar-refractivity contribution in [2.75, 3.05) is 35.5 Å². The Bertz CT molecular complexity index is 1260. The van der Waals surface area contributed by atoms with E-state index in [0.29, 0.717) is 17.5 Å². The summed E-state index contributed by atoms with van der Waals surface area (Å²) in [6, 6.07) is 12.2. The number of ether oxygens (including phenoxy) is 5. The zero-order valence-electron chi connectivity index (χ0n) is 32.2. The number of nitrogens with zero attached hydrogens (tertiary/aromatic N) is 3. The molecule has 0 amide bonds. The lowest BCUT2D eigenvalue weighted by Gasteiger charge is -2.18. The van der Waals surface area contributed by atoms with Crippen LogP contribution in [0.2, 0.25) is 0 Å². The number of aromatic nitrogens is 3. The molecule has 2 heterocycles. The summed E-state index contributed by atoms with van der Waals surface area (Å²) in [5.74, 6) is -0.779. The van der Waals surface area contributed by atoms with E-state index in [1.165, 1.54) is 87.2 Å². The summed E-state index contributed by atoms with van der Waals surface area (Å²) in [4.78, 5) is 60.2. The monoisotopic (exact) mass is 729 g/mol. The Balaban J connectivity index is 0. The van der Waals surface area contributed by atoms with E-state index in [0.717, 1.165) is 25.7 Å². The minimum atomic E-state index is -0.354. The van der Waals surface area contributed by atoms with Crippen LogP contribution in [0.4, 0.5) is 0 Å². The minimum Gasteiger partial charge on any atom is -0.469 e. The van der Waals surface area contributed by atoms with Crippen molar-refractivity contribution in [2.45, 2.75) is 84.5 Å². The molecule has 0 saturated heterocycles. The third kappa shape index (κ3) is 28.7. The van der Waals surface area contributed by atoms with Crippen molar-refractivity contribution >= 4 is 29.8 Å². The number of rotatable bonds is 9. The molecule has 13 heteroatoms. The molecule has 1 saturated carbocycles. The van der Waals surface area contributed by atoms with E-state index in [2.05, 4.69) is 40.6 Å².